The van der Waals surface area contributed by atoms with Gasteiger partial charge in [-0.25, -0.2) is 0 Å². The fraction of sp³-hybridized carbons (Fsp3) is 0.857. The molecule has 1 saturated carbocycles. The normalized spacial score (nSPS) is 21.7. The number of carboxylic acids is 2. The van der Waals surface area contributed by atoms with Gasteiger partial charge in [0, 0.05) is 0 Å². The Bertz CT molecular complexity index is 333. The van der Waals surface area contributed by atoms with Crippen molar-refractivity contribution >= 4 is 11.9 Å². The first-order valence-electron chi connectivity index (χ1n) is 7.15. The lowest BCUT2D eigenvalue weighted by Gasteiger charge is -2.33. The van der Waals surface area contributed by atoms with Crippen molar-refractivity contribution in [1.29, 1.82) is 0 Å². The number of aliphatic hydroxyl groups is 2. The van der Waals surface area contributed by atoms with Crippen molar-refractivity contribution in [3.63, 3.8) is 0 Å². The molecule has 0 heterocycles. The largest absolute Gasteiger partial charge is 0.481 e. The number of hydrogen-bond acceptors (Lipinski definition) is 4. The summed E-state index contributed by atoms with van der Waals surface area (Å²) in [6, 6.07) is 0. The van der Waals surface area contributed by atoms with Crippen LogP contribution < -0.4 is 0 Å². The second-order valence-corrected chi connectivity index (χ2v) is 5.81. The molecule has 1 rings (SSSR count). The fourth-order valence-electron chi connectivity index (χ4n) is 3.13. The standard InChI is InChI=1S/C14H24O6/c15-9-11(16)10(7-12(17)18)8-14(13(19)20)5-3-1-2-4-6-14/h10-11,15-16H,1-9H2,(H,17,18)(H,19,20). The van der Waals surface area contributed by atoms with E-state index >= 15 is 0 Å². The third kappa shape index (κ3) is 4.45. The molecule has 20 heavy (non-hydrogen) atoms. The van der Waals surface area contributed by atoms with Gasteiger partial charge in [0.25, 0.3) is 0 Å². The summed E-state index contributed by atoms with van der Waals surface area (Å²) in [6.45, 7) is -0.548. The number of hydrogen-bond donors (Lipinski definition) is 4. The highest BCUT2D eigenvalue weighted by Crippen LogP contribution is 2.42. The van der Waals surface area contributed by atoms with Crippen LogP contribution in [0.4, 0.5) is 0 Å². The van der Waals surface area contributed by atoms with Gasteiger partial charge in [-0.05, 0) is 25.2 Å². The molecular weight excluding hydrogens is 264 g/mol. The van der Waals surface area contributed by atoms with Gasteiger partial charge in [0.1, 0.15) is 0 Å². The quantitative estimate of drug-likeness (QED) is 0.524. The van der Waals surface area contributed by atoms with Crippen LogP contribution >= 0.6 is 0 Å². The molecule has 4 N–H and O–H groups in total. The van der Waals surface area contributed by atoms with Crippen LogP contribution in [0.1, 0.15) is 51.4 Å². The molecule has 1 aliphatic rings. The van der Waals surface area contributed by atoms with Crippen molar-refractivity contribution in [3.8, 4) is 0 Å². The Balaban J connectivity index is 2.89. The van der Waals surface area contributed by atoms with E-state index in [0.29, 0.717) is 12.8 Å². The van der Waals surface area contributed by atoms with Gasteiger partial charge < -0.3 is 20.4 Å². The van der Waals surface area contributed by atoms with Crippen LogP contribution in [0.3, 0.4) is 0 Å². The van der Waals surface area contributed by atoms with Gasteiger partial charge in [0.2, 0.25) is 0 Å². The zero-order valence-corrected chi connectivity index (χ0v) is 11.6. The maximum absolute atomic E-state index is 11.7. The lowest BCUT2D eigenvalue weighted by Crippen LogP contribution is -2.38. The summed E-state index contributed by atoms with van der Waals surface area (Å²) in [5.74, 6) is -2.73. The zero-order valence-electron chi connectivity index (χ0n) is 11.6. The van der Waals surface area contributed by atoms with E-state index in [-0.39, 0.29) is 12.8 Å². The fourth-order valence-corrected chi connectivity index (χ4v) is 3.13. The SMILES string of the molecule is O=C(O)CC(CC1(C(=O)O)CCCCCC1)C(O)CO. The second-order valence-electron chi connectivity index (χ2n) is 5.81. The first-order chi connectivity index (χ1) is 9.41. The summed E-state index contributed by atoms with van der Waals surface area (Å²) in [4.78, 5) is 22.5. The van der Waals surface area contributed by atoms with E-state index in [9.17, 15) is 19.8 Å². The third-order valence-corrected chi connectivity index (χ3v) is 4.34. The molecule has 116 valence electrons. The number of aliphatic carboxylic acids is 2. The molecule has 0 saturated heterocycles. The van der Waals surface area contributed by atoms with E-state index in [1.807, 2.05) is 0 Å². The van der Waals surface area contributed by atoms with Gasteiger partial charge in [0.05, 0.1) is 24.5 Å². The Labute approximate surface area is 118 Å². The number of aliphatic hydroxyl groups excluding tert-OH is 2. The minimum atomic E-state index is -1.19. The van der Waals surface area contributed by atoms with Gasteiger partial charge in [-0.2, -0.15) is 0 Å². The summed E-state index contributed by atoms with van der Waals surface area (Å²) in [6.07, 6.45) is 3.20. The van der Waals surface area contributed by atoms with Crippen LogP contribution in [0, 0.1) is 11.3 Å². The summed E-state index contributed by atoms with van der Waals surface area (Å²) in [5, 5.41) is 37.2. The van der Waals surface area contributed by atoms with E-state index in [1.54, 1.807) is 0 Å². The molecule has 0 aromatic rings. The maximum atomic E-state index is 11.7. The second kappa shape index (κ2) is 7.59. The predicted octanol–water partition coefficient (Wildman–Crippen LogP) is 1.25. The summed E-state index contributed by atoms with van der Waals surface area (Å²) in [7, 11) is 0. The predicted molar refractivity (Wildman–Crippen MR) is 71.2 cm³/mol. The van der Waals surface area contributed by atoms with Crippen molar-refractivity contribution in [1.82, 2.24) is 0 Å². The lowest BCUT2D eigenvalue weighted by molar-refractivity contribution is -0.153. The first-order valence-corrected chi connectivity index (χ1v) is 7.15. The summed E-state index contributed by atoms with van der Waals surface area (Å²) < 4.78 is 0. The Morgan fingerprint density at radius 3 is 2.00 bits per heavy atom. The molecule has 1 aliphatic carbocycles. The van der Waals surface area contributed by atoms with Crippen molar-refractivity contribution in [2.75, 3.05) is 6.61 Å². The molecule has 0 spiro atoms. The van der Waals surface area contributed by atoms with E-state index < -0.39 is 36.0 Å². The van der Waals surface area contributed by atoms with E-state index in [0.717, 1.165) is 25.7 Å². The van der Waals surface area contributed by atoms with Crippen molar-refractivity contribution in [3.05, 3.63) is 0 Å². The van der Waals surface area contributed by atoms with Gasteiger partial charge in [-0.3, -0.25) is 9.59 Å². The van der Waals surface area contributed by atoms with Crippen LogP contribution in [-0.4, -0.2) is 45.1 Å². The molecule has 0 aromatic carbocycles. The maximum Gasteiger partial charge on any atom is 0.309 e. The smallest absolute Gasteiger partial charge is 0.309 e. The molecule has 0 aliphatic heterocycles. The monoisotopic (exact) mass is 288 g/mol. The molecule has 0 amide bonds. The van der Waals surface area contributed by atoms with Gasteiger partial charge >= 0.3 is 11.9 Å². The molecule has 2 atom stereocenters. The van der Waals surface area contributed by atoms with Crippen LogP contribution in [0.2, 0.25) is 0 Å². The van der Waals surface area contributed by atoms with E-state index in [1.165, 1.54) is 0 Å². The van der Waals surface area contributed by atoms with Crippen molar-refractivity contribution in [2.24, 2.45) is 11.3 Å². The van der Waals surface area contributed by atoms with Crippen molar-refractivity contribution in [2.45, 2.75) is 57.5 Å². The van der Waals surface area contributed by atoms with Gasteiger partial charge in [-0.1, -0.05) is 25.7 Å². The Morgan fingerprint density at radius 1 is 1.05 bits per heavy atom. The van der Waals surface area contributed by atoms with Crippen LogP contribution in [0.15, 0.2) is 0 Å². The van der Waals surface area contributed by atoms with E-state index in [4.69, 9.17) is 10.2 Å². The highest BCUT2D eigenvalue weighted by molar-refractivity contribution is 5.75. The van der Waals surface area contributed by atoms with Crippen molar-refractivity contribution < 1.29 is 30.0 Å². The van der Waals surface area contributed by atoms with Crippen LogP contribution in [0.5, 0.6) is 0 Å². The lowest BCUT2D eigenvalue weighted by atomic mass is 9.71. The molecule has 1 fully saturated rings. The molecular formula is C14H24O6. The summed E-state index contributed by atoms with van der Waals surface area (Å²) >= 11 is 0. The Hall–Kier alpha value is -1.14. The minimum absolute atomic E-state index is 0.108. The summed E-state index contributed by atoms with van der Waals surface area (Å²) in [5.41, 5.74) is -0.966. The zero-order chi connectivity index (χ0) is 15.2. The molecule has 0 bridgehead atoms. The highest BCUT2D eigenvalue weighted by atomic mass is 16.4. The number of carboxylic acid groups (broad SMARTS) is 2. The molecule has 6 heteroatoms. The molecule has 0 aromatic heterocycles. The third-order valence-electron chi connectivity index (χ3n) is 4.34. The van der Waals surface area contributed by atoms with Crippen LogP contribution in [-0.2, 0) is 9.59 Å². The average molecular weight is 288 g/mol. The Morgan fingerprint density at radius 2 is 1.60 bits per heavy atom. The minimum Gasteiger partial charge on any atom is -0.481 e. The number of rotatable bonds is 7. The highest BCUT2D eigenvalue weighted by Gasteiger charge is 2.42. The number of carbonyl (C=O) groups is 2. The van der Waals surface area contributed by atoms with Gasteiger partial charge in [0.15, 0.2) is 0 Å². The molecule has 0 radical (unpaired) electrons. The Kier molecular flexibility index (Phi) is 6.42. The molecule has 6 nitrogen and oxygen atoms in total. The van der Waals surface area contributed by atoms with Gasteiger partial charge in [-0.15, -0.1) is 0 Å². The average Bonchev–Trinajstić information content (AvgIpc) is 2.63. The topological polar surface area (TPSA) is 115 Å². The van der Waals surface area contributed by atoms with Crippen LogP contribution in [0.25, 0.3) is 0 Å². The first kappa shape index (κ1) is 16.9. The van der Waals surface area contributed by atoms with E-state index in [2.05, 4.69) is 0 Å². The molecule has 2 unspecified atom stereocenters.